The normalized spacial score (nSPS) is 24.1. The van der Waals surface area contributed by atoms with Crippen molar-refractivity contribution in [3.8, 4) is 0 Å². The summed E-state index contributed by atoms with van der Waals surface area (Å²) in [6.45, 7) is 7.39. The van der Waals surface area contributed by atoms with Crippen molar-refractivity contribution in [1.29, 1.82) is 0 Å². The van der Waals surface area contributed by atoms with Gasteiger partial charge < -0.3 is 15.1 Å². The molecule has 0 radical (unpaired) electrons. The fourth-order valence-electron chi connectivity index (χ4n) is 2.48. The Morgan fingerprint density at radius 2 is 2.00 bits per heavy atom. The van der Waals surface area contributed by atoms with Crippen molar-refractivity contribution in [2.45, 2.75) is 33.2 Å². The van der Waals surface area contributed by atoms with Crippen LogP contribution in [0.5, 0.6) is 0 Å². The van der Waals surface area contributed by atoms with Crippen LogP contribution in [-0.2, 0) is 14.4 Å². The molecule has 0 saturated carbocycles. The molecule has 0 aromatic carbocycles. The first-order valence-electron chi connectivity index (χ1n) is 6.63. The molecular weight excluding hydrogens is 246 g/mol. The highest BCUT2D eigenvalue weighted by atomic mass is 16.2. The molecule has 6 heteroatoms. The highest BCUT2D eigenvalue weighted by Crippen LogP contribution is 2.22. The summed E-state index contributed by atoms with van der Waals surface area (Å²) in [6, 6.07) is -0.515. The monoisotopic (exact) mass is 267 g/mol. The Bertz CT molecular complexity index is 414. The molecule has 1 atom stereocenters. The number of amides is 3. The van der Waals surface area contributed by atoms with E-state index >= 15 is 0 Å². The molecule has 2 heterocycles. The van der Waals surface area contributed by atoms with Crippen molar-refractivity contribution in [3.05, 3.63) is 0 Å². The molecule has 0 unspecified atom stereocenters. The first-order chi connectivity index (χ1) is 8.78. The van der Waals surface area contributed by atoms with Crippen LogP contribution in [0.2, 0.25) is 0 Å². The maximum Gasteiger partial charge on any atom is 0.245 e. The number of fused-ring (bicyclic) bond motifs is 1. The van der Waals surface area contributed by atoms with Gasteiger partial charge in [0.1, 0.15) is 6.04 Å². The molecular formula is C13H21N3O3. The van der Waals surface area contributed by atoms with Crippen molar-refractivity contribution in [1.82, 2.24) is 15.1 Å². The molecule has 0 aromatic rings. The smallest absolute Gasteiger partial charge is 0.245 e. The van der Waals surface area contributed by atoms with Gasteiger partial charge in [-0.25, -0.2) is 0 Å². The Labute approximate surface area is 113 Å². The Balaban J connectivity index is 2.03. The SMILES string of the molecule is CC(C)(C)CC(=O)N1CCN2C(=O)CNC(=O)[C@@H]2C1. The Morgan fingerprint density at radius 3 is 2.63 bits per heavy atom. The van der Waals surface area contributed by atoms with Crippen LogP contribution in [0.15, 0.2) is 0 Å². The predicted octanol–water partition coefficient (Wildman–Crippen LogP) is -0.408. The van der Waals surface area contributed by atoms with Crippen LogP contribution in [-0.4, -0.2) is 59.7 Å². The Hall–Kier alpha value is -1.59. The zero-order chi connectivity index (χ0) is 14.2. The molecule has 0 bridgehead atoms. The zero-order valence-electron chi connectivity index (χ0n) is 11.7. The molecule has 19 heavy (non-hydrogen) atoms. The first-order valence-corrected chi connectivity index (χ1v) is 6.63. The van der Waals surface area contributed by atoms with Gasteiger partial charge in [0.15, 0.2) is 0 Å². The lowest BCUT2D eigenvalue weighted by Crippen LogP contribution is -2.66. The van der Waals surface area contributed by atoms with Crippen LogP contribution >= 0.6 is 0 Å². The molecule has 6 nitrogen and oxygen atoms in total. The number of nitrogens with one attached hydrogen (secondary N) is 1. The number of nitrogens with zero attached hydrogens (tertiary/aromatic N) is 2. The summed E-state index contributed by atoms with van der Waals surface area (Å²) in [6.07, 6.45) is 0.454. The second-order valence-electron chi connectivity index (χ2n) is 6.40. The van der Waals surface area contributed by atoms with Crippen molar-refractivity contribution in [3.63, 3.8) is 0 Å². The van der Waals surface area contributed by atoms with Gasteiger partial charge in [-0.2, -0.15) is 0 Å². The van der Waals surface area contributed by atoms with Crippen molar-refractivity contribution in [2.75, 3.05) is 26.2 Å². The summed E-state index contributed by atoms with van der Waals surface area (Å²) in [4.78, 5) is 38.9. The summed E-state index contributed by atoms with van der Waals surface area (Å²) >= 11 is 0. The van der Waals surface area contributed by atoms with E-state index in [4.69, 9.17) is 0 Å². The van der Waals surface area contributed by atoms with E-state index in [1.54, 1.807) is 9.80 Å². The van der Waals surface area contributed by atoms with E-state index in [0.29, 0.717) is 26.1 Å². The van der Waals surface area contributed by atoms with Gasteiger partial charge in [-0.05, 0) is 5.41 Å². The number of piperazine rings is 2. The summed E-state index contributed by atoms with van der Waals surface area (Å²) in [7, 11) is 0. The quantitative estimate of drug-likeness (QED) is 0.702. The third-order valence-electron chi connectivity index (χ3n) is 3.45. The molecule has 0 aromatic heterocycles. The molecule has 2 aliphatic rings. The van der Waals surface area contributed by atoms with E-state index in [-0.39, 0.29) is 29.7 Å². The lowest BCUT2D eigenvalue weighted by Gasteiger charge is -2.43. The van der Waals surface area contributed by atoms with Gasteiger partial charge in [0, 0.05) is 19.5 Å². The highest BCUT2D eigenvalue weighted by Gasteiger charge is 2.40. The average molecular weight is 267 g/mol. The number of hydrogen-bond donors (Lipinski definition) is 1. The minimum atomic E-state index is -0.515. The van der Waals surface area contributed by atoms with Gasteiger partial charge >= 0.3 is 0 Å². The number of carbonyl (C=O) groups is 3. The van der Waals surface area contributed by atoms with Crippen LogP contribution in [0.4, 0.5) is 0 Å². The maximum atomic E-state index is 12.2. The van der Waals surface area contributed by atoms with E-state index in [1.165, 1.54) is 0 Å². The average Bonchev–Trinajstić information content (AvgIpc) is 2.31. The van der Waals surface area contributed by atoms with E-state index in [2.05, 4.69) is 5.32 Å². The molecule has 106 valence electrons. The number of carbonyl (C=O) groups excluding carboxylic acids is 3. The molecule has 0 spiro atoms. The minimum absolute atomic E-state index is 0.0537. The van der Waals surface area contributed by atoms with Crippen molar-refractivity contribution < 1.29 is 14.4 Å². The standard InChI is InChI=1S/C13H21N3O3/c1-13(2,3)6-10(17)15-4-5-16-9(8-15)12(19)14-7-11(16)18/h9H,4-8H2,1-3H3,(H,14,19)/t9-/m0/s1. The maximum absolute atomic E-state index is 12.2. The summed E-state index contributed by atoms with van der Waals surface area (Å²) in [5, 5.41) is 2.57. The Kier molecular flexibility index (Phi) is 3.52. The summed E-state index contributed by atoms with van der Waals surface area (Å²) < 4.78 is 0. The zero-order valence-corrected chi connectivity index (χ0v) is 11.7. The van der Waals surface area contributed by atoms with Crippen LogP contribution in [0.25, 0.3) is 0 Å². The van der Waals surface area contributed by atoms with E-state index in [9.17, 15) is 14.4 Å². The van der Waals surface area contributed by atoms with E-state index in [1.807, 2.05) is 20.8 Å². The van der Waals surface area contributed by atoms with Crippen LogP contribution < -0.4 is 5.32 Å². The number of hydrogen-bond acceptors (Lipinski definition) is 3. The first kappa shape index (κ1) is 13.8. The van der Waals surface area contributed by atoms with Gasteiger partial charge in [-0.3, -0.25) is 14.4 Å². The van der Waals surface area contributed by atoms with Gasteiger partial charge in [0.2, 0.25) is 17.7 Å². The third kappa shape index (κ3) is 3.05. The van der Waals surface area contributed by atoms with Crippen molar-refractivity contribution in [2.24, 2.45) is 5.41 Å². The minimum Gasteiger partial charge on any atom is -0.345 e. The summed E-state index contributed by atoms with van der Waals surface area (Å²) in [5.74, 6) is -0.168. The van der Waals surface area contributed by atoms with Crippen LogP contribution in [0, 0.1) is 5.41 Å². The van der Waals surface area contributed by atoms with Gasteiger partial charge in [0.25, 0.3) is 0 Å². The molecule has 1 N–H and O–H groups in total. The predicted molar refractivity (Wildman–Crippen MR) is 69.2 cm³/mol. The topological polar surface area (TPSA) is 69.7 Å². The van der Waals surface area contributed by atoms with E-state index in [0.717, 1.165) is 0 Å². The van der Waals surface area contributed by atoms with Crippen LogP contribution in [0.3, 0.4) is 0 Å². The molecule has 2 aliphatic heterocycles. The van der Waals surface area contributed by atoms with Gasteiger partial charge in [-0.1, -0.05) is 20.8 Å². The molecule has 2 saturated heterocycles. The lowest BCUT2D eigenvalue weighted by molar-refractivity contribution is -0.153. The Morgan fingerprint density at radius 1 is 1.32 bits per heavy atom. The van der Waals surface area contributed by atoms with Gasteiger partial charge in [0.05, 0.1) is 13.1 Å². The second kappa shape index (κ2) is 4.83. The fourth-order valence-corrected chi connectivity index (χ4v) is 2.48. The lowest BCUT2D eigenvalue weighted by atomic mass is 9.91. The molecule has 2 rings (SSSR count). The fraction of sp³-hybridized carbons (Fsp3) is 0.769. The molecule has 3 amide bonds. The molecule has 0 aliphatic carbocycles. The van der Waals surface area contributed by atoms with E-state index < -0.39 is 6.04 Å². The largest absolute Gasteiger partial charge is 0.345 e. The second-order valence-corrected chi connectivity index (χ2v) is 6.40. The summed E-state index contributed by atoms with van der Waals surface area (Å²) in [5.41, 5.74) is -0.0706. The van der Waals surface area contributed by atoms with Crippen molar-refractivity contribution >= 4 is 17.7 Å². The third-order valence-corrected chi connectivity index (χ3v) is 3.45. The molecule has 2 fully saturated rings. The van der Waals surface area contributed by atoms with Crippen LogP contribution in [0.1, 0.15) is 27.2 Å². The highest BCUT2D eigenvalue weighted by molar-refractivity contribution is 5.95. The number of rotatable bonds is 1. The van der Waals surface area contributed by atoms with Gasteiger partial charge in [-0.15, -0.1) is 0 Å².